The van der Waals surface area contributed by atoms with Crippen molar-refractivity contribution < 1.29 is 4.74 Å². The molecule has 3 N–H and O–H groups in total. The first-order chi connectivity index (χ1) is 11.6. The molecular formula is C17H23BN4OS. The second-order valence-electron chi connectivity index (χ2n) is 7.97. The number of ether oxygens (including phenoxy) is 1. The summed E-state index contributed by atoms with van der Waals surface area (Å²) >= 11 is 1.72. The highest BCUT2D eigenvalue weighted by Crippen LogP contribution is 2.60. The van der Waals surface area contributed by atoms with Crippen molar-refractivity contribution in [1.29, 1.82) is 0 Å². The van der Waals surface area contributed by atoms with E-state index in [0.29, 0.717) is 11.9 Å². The van der Waals surface area contributed by atoms with E-state index in [1.54, 1.807) is 11.3 Å². The molecule has 2 unspecified atom stereocenters. The summed E-state index contributed by atoms with van der Waals surface area (Å²) in [6.07, 6.45) is 9.57. The number of aryl methyl sites for hydroxylation is 2. The first-order valence-corrected chi connectivity index (χ1v) is 9.95. The van der Waals surface area contributed by atoms with E-state index in [9.17, 15) is 0 Å². The maximum Gasteiger partial charge on any atom is 0.293 e. The Morgan fingerprint density at radius 1 is 1.25 bits per heavy atom. The van der Waals surface area contributed by atoms with Crippen molar-refractivity contribution in [3.05, 3.63) is 10.6 Å². The summed E-state index contributed by atoms with van der Waals surface area (Å²) in [5.41, 5.74) is 7.23. The minimum Gasteiger partial charge on any atom is -0.454 e. The van der Waals surface area contributed by atoms with Gasteiger partial charge in [0.05, 0.1) is 13.5 Å². The highest BCUT2D eigenvalue weighted by molar-refractivity contribution is 7.15. The van der Waals surface area contributed by atoms with Crippen molar-refractivity contribution in [2.75, 3.05) is 5.32 Å². The van der Waals surface area contributed by atoms with Gasteiger partial charge in [-0.25, -0.2) is 9.98 Å². The Morgan fingerprint density at radius 3 is 2.79 bits per heavy atom. The summed E-state index contributed by atoms with van der Waals surface area (Å²) in [7, 11) is 6.56. The quantitative estimate of drug-likeness (QED) is 0.770. The van der Waals surface area contributed by atoms with Gasteiger partial charge in [-0.3, -0.25) is 5.32 Å². The van der Waals surface area contributed by atoms with Gasteiger partial charge in [-0.2, -0.15) is 0 Å². The molecule has 1 aliphatic heterocycles. The molecule has 2 radical (unpaired) electrons. The van der Waals surface area contributed by atoms with Gasteiger partial charge in [0, 0.05) is 10.8 Å². The number of nitrogens with zero attached hydrogens (tertiary/aromatic N) is 2. The Kier molecular flexibility index (Phi) is 3.30. The van der Waals surface area contributed by atoms with Crippen LogP contribution in [0.3, 0.4) is 0 Å². The molecule has 2 atom stereocenters. The number of amidine groups is 1. The van der Waals surface area contributed by atoms with Crippen LogP contribution in [0.4, 0.5) is 5.13 Å². The molecule has 1 aromatic rings. The third-order valence-electron chi connectivity index (χ3n) is 6.40. The molecule has 5 aliphatic rings. The van der Waals surface area contributed by atoms with Crippen LogP contribution in [-0.4, -0.2) is 30.6 Å². The highest BCUT2D eigenvalue weighted by atomic mass is 32.1. The van der Waals surface area contributed by atoms with E-state index < -0.39 is 5.60 Å². The number of aliphatic imine (C=N–C) groups is 1. The summed E-state index contributed by atoms with van der Waals surface area (Å²) in [6, 6.07) is 0.532. The minimum absolute atomic E-state index is 0.127. The average molecular weight is 342 g/mol. The van der Waals surface area contributed by atoms with Crippen molar-refractivity contribution in [3.8, 4) is 0 Å². The molecule has 126 valence electrons. The molecule has 1 aromatic heterocycles. The van der Waals surface area contributed by atoms with Crippen LogP contribution in [-0.2, 0) is 17.6 Å². The van der Waals surface area contributed by atoms with E-state index >= 15 is 0 Å². The van der Waals surface area contributed by atoms with Crippen molar-refractivity contribution in [1.82, 2.24) is 4.98 Å². The van der Waals surface area contributed by atoms with E-state index in [-0.39, 0.29) is 11.5 Å². The molecule has 6 rings (SSSR count). The SMILES string of the molecule is [B]C12CCC(CC1)C1(C2)OC(Nc2nc3c(s2)CCCC3)=NC1N. The number of nitrogens with two attached hydrogens (primary N) is 1. The van der Waals surface area contributed by atoms with Gasteiger partial charge in [0.15, 0.2) is 10.7 Å². The second kappa shape index (κ2) is 5.21. The molecule has 3 fully saturated rings. The second-order valence-corrected chi connectivity index (χ2v) is 9.05. The number of thiazole rings is 1. The lowest BCUT2D eigenvalue weighted by Gasteiger charge is -2.55. The topological polar surface area (TPSA) is 72.5 Å². The monoisotopic (exact) mass is 342 g/mol. The Bertz CT molecular complexity index is 673. The highest BCUT2D eigenvalue weighted by Gasteiger charge is 2.59. The van der Waals surface area contributed by atoms with Crippen LogP contribution in [0.15, 0.2) is 4.99 Å². The van der Waals surface area contributed by atoms with Gasteiger partial charge in [-0.1, -0.05) is 18.2 Å². The molecule has 2 heterocycles. The summed E-state index contributed by atoms with van der Waals surface area (Å²) < 4.78 is 6.34. The summed E-state index contributed by atoms with van der Waals surface area (Å²) in [6.45, 7) is 0. The van der Waals surface area contributed by atoms with Crippen LogP contribution in [0.25, 0.3) is 0 Å². The number of fused-ring (bicyclic) bond motifs is 3. The van der Waals surface area contributed by atoms with E-state index in [1.165, 1.54) is 23.4 Å². The number of nitrogens with one attached hydrogen (secondary N) is 1. The van der Waals surface area contributed by atoms with Crippen molar-refractivity contribution in [3.63, 3.8) is 0 Å². The lowest BCUT2D eigenvalue weighted by atomic mass is 9.46. The number of rotatable bonds is 1. The van der Waals surface area contributed by atoms with E-state index in [4.69, 9.17) is 23.3 Å². The molecule has 7 heteroatoms. The third-order valence-corrected chi connectivity index (χ3v) is 7.48. The van der Waals surface area contributed by atoms with Crippen LogP contribution in [0.5, 0.6) is 0 Å². The van der Waals surface area contributed by atoms with Gasteiger partial charge in [0.25, 0.3) is 6.02 Å². The fraction of sp³-hybridized carbons (Fsp3) is 0.765. The number of hydrogen-bond donors (Lipinski definition) is 2. The third kappa shape index (κ3) is 2.24. The minimum atomic E-state index is -0.412. The standard InChI is InChI=1S/C17H23BN4OS/c18-16-7-5-10(6-8-16)17(9-16)13(19)21-14(23-17)22-15-20-11-3-1-2-4-12(11)24-15/h10,13H,1-9,19H2,(H,20,21,22). The number of anilines is 1. The van der Waals surface area contributed by atoms with E-state index in [2.05, 4.69) is 10.3 Å². The Morgan fingerprint density at radius 2 is 2.04 bits per heavy atom. The van der Waals surface area contributed by atoms with Crippen molar-refractivity contribution >= 4 is 30.3 Å². The molecule has 0 aromatic carbocycles. The molecule has 2 bridgehead atoms. The first-order valence-electron chi connectivity index (χ1n) is 9.13. The van der Waals surface area contributed by atoms with Gasteiger partial charge in [0.2, 0.25) is 0 Å². The van der Waals surface area contributed by atoms with Crippen LogP contribution in [0.1, 0.15) is 55.5 Å². The van der Waals surface area contributed by atoms with Gasteiger partial charge in [-0.05, 0) is 44.9 Å². The van der Waals surface area contributed by atoms with Crippen LogP contribution < -0.4 is 11.1 Å². The number of aromatic nitrogens is 1. The maximum atomic E-state index is 6.56. The summed E-state index contributed by atoms with van der Waals surface area (Å²) in [4.78, 5) is 10.7. The molecule has 3 saturated carbocycles. The maximum absolute atomic E-state index is 6.56. The first kappa shape index (κ1) is 15.2. The Hall–Kier alpha value is -1.08. The smallest absolute Gasteiger partial charge is 0.293 e. The Labute approximate surface area is 147 Å². The Balaban J connectivity index is 1.36. The van der Waals surface area contributed by atoms with Gasteiger partial charge in [0.1, 0.15) is 6.17 Å². The van der Waals surface area contributed by atoms with Crippen molar-refractivity contribution in [2.45, 2.75) is 74.9 Å². The molecule has 1 spiro atoms. The zero-order valence-electron chi connectivity index (χ0n) is 13.9. The van der Waals surface area contributed by atoms with Crippen molar-refractivity contribution in [2.24, 2.45) is 16.6 Å². The molecule has 0 amide bonds. The lowest BCUT2D eigenvalue weighted by Crippen LogP contribution is -2.58. The summed E-state index contributed by atoms with van der Waals surface area (Å²) in [5.74, 6) is 0.463. The van der Waals surface area contributed by atoms with Crippen LogP contribution >= 0.6 is 11.3 Å². The molecule has 24 heavy (non-hydrogen) atoms. The average Bonchev–Trinajstić information content (AvgIpc) is 3.08. The lowest BCUT2D eigenvalue weighted by molar-refractivity contribution is -0.0796. The summed E-state index contributed by atoms with van der Waals surface area (Å²) in [5, 5.41) is 4.04. The molecule has 4 aliphatic carbocycles. The van der Waals surface area contributed by atoms with E-state index in [0.717, 1.165) is 50.1 Å². The van der Waals surface area contributed by atoms with Crippen LogP contribution in [0.2, 0.25) is 5.31 Å². The predicted molar refractivity (Wildman–Crippen MR) is 96.6 cm³/mol. The van der Waals surface area contributed by atoms with Gasteiger partial charge < -0.3 is 10.5 Å². The molecule has 5 nitrogen and oxygen atoms in total. The van der Waals surface area contributed by atoms with E-state index in [1.807, 2.05) is 0 Å². The fourth-order valence-corrected chi connectivity index (χ4v) is 6.11. The van der Waals surface area contributed by atoms with Gasteiger partial charge >= 0.3 is 0 Å². The normalized spacial score (nSPS) is 40.3. The van der Waals surface area contributed by atoms with Gasteiger partial charge in [-0.15, -0.1) is 11.3 Å². The molecule has 0 saturated heterocycles. The predicted octanol–water partition coefficient (Wildman–Crippen LogP) is 2.76. The van der Waals surface area contributed by atoms with Crippen LogP contribution in [0, 0.1) is 5.92 Å². The fourth-order valence-electron chi connectivity index (χ4n) is 5.08. The molecular weight excluding hydrogens is 319 g/mol. The zero-order valence-corrected chi connectivity index (χ0v) is 14.7. The number of hydrogen-bond acceptors (Lipinski definition) is 6. The largest absolute Gasteiger partial charge is 0.454 e. The zero-order chi connectivity index (χ0) is 16.4.